The zero-order valence-corrected chi connectivity index (χ0v) is 20.9. The van der Waals surface area contributed by atoms with E-state index < -0.39 is 0 Å². The quantitative estimate of drug-likeness (QED) is 0.298. The molecule has 0 amide bonds. The summed E-state index contributed by atoms with van der Waals surface area (Å²) >= 11 is 4.19. The van der Waals surface area contributed by atoms with E-state index in [9.17, 15) is 4.79 Å². The monoisotopic (exact) mass is 462 g/mol. The van der Waals surface area contributed by atoms with E-state index in [1.807, 2.05) is 6.92 Å². The van der Waals surface area contributed by atoms with E-state index in [2.05, 4.69) is 43.3 Å². The molecule has 0 radical (unpaired) electrons. The number of ketones is 1. The molecule has 0 aromatic heterocycles. The molecule has 4 saturated carbocycles. The third kappa shape index (κ3) is 3.62. The van der Waals surface area contributed by atoms with Crippen molar-refractivity contribution < 1.29 is 4.79 Å². The van der Waals surface area contributed by atoms with E-state index in [1.54, 1.807) is 0 Å². The molecule has 0 aliphatic heterocycles. The van der Waals surface area contributed by atoms with Gasteiger partial charge in [0.25, 0.3) is 0 Å². The van der Waals surface area contributed by atoms with E-state index in [0.717, 1.165) is 46.4 Å². The lowest BCUT2D eigenvalue weighted by atomic mass is 9.44. The normalized spacial score (nSPS) is 47.6. The molecule has 4 aliphatic rings. The molecule has 0 heterocycles. The fourth-order valence-electron chi connectivity index (χ4n) is 9.05. The Labute approximate surface area is 188 Å². The fraction of sp³-hybridized carbons (Fsp3) is 0.889. The van der Waals surface area contributed by atoms with Gasteiger partial charge in [-0.05, 0) is 110 Å². The molecule has 29 heavy (non-hydrogen) atoms. The lowest BCUT2D eigenvalue weighted by Crippen LogP contribution is -2.56. The van der Waals surface area contributed by atoms with Crippen molar-refractivity contribution in [3.05, 3.63) is 12.2 Å². The molecule has 4 aliphatic carbocycles. The van der Waals surface area contributed by atoms with Crippen LogP contribution in [0.3, 0.4) is 0 Å². The van der Waals surface area contributed by atoms with Gasteiger partial charge in [0.05, 0.1) is 0 Å². The molecule has 164 valence electrons. The van der Waals surface area contributed by atoms with Crippen LogP contribution in [0.25, 0.3) is 0 Å². The average molecular weight is 464 g/mol. The van der Waals surface area contributed by atoms with Gasteiger partial charge in [0.1, 0.15) is 0 Å². The van der Waals surface area contributed by atoms with E-state index >= 15 is 0 Å². The van der Waals surface area contributed by atoms with Crippen LogP contribution in [0.4, 0.5) is 0 Å². The van der Waals surface area contributed by atoms with Gasteiger partial charge in [-0.3, -0.25) is 4.79 Å². The van der Waals surface area contributed by atoms with Crippen molar-refractivity contribution in [1.29, 1.82) is 0 Å². The smallest absolute Gasteiger partial charge is 0.157 e. The Bertz CT molecular complexity index is 655. The van der Waals surface area contributed by atoms with Gasteiger partial charge in [-0.2, -0.15) is 0 Å². The van der Waals surface area contributed by atoms with E-state index in [4.69, 9.17) is 0 Å². The molecule has 1 nitrogen and oxygen atoms in total. The minimum atomic E-state index is 0.269. The van der Waals surface area contributed by atoms with Gasteiger partial charge in [0.2, 0.25) is 0 Å². The molecular formula is C27H43BrO. The summed E-state index contributed by atoms with van der Waals surface area (Å²) in [6, 6.07) is 0. The zero-order valence-electron chi connectivity index (χ0n) is 19.3. The van der Waals surface area contributed by atoms with Crippen molar-refractivity contribution in [2.24, 2.45) is 46.3 Å². The number of alkyl halides is 1. The summed E-state index contributed by atoms with van der Waals surface area (Å²) in [5.41, 5.74) is 1.81. The number of Topliss-reactive ketones (excluding diaryl/α,β-unsaturated/α-hetero) is 1. The highest BCUT2D eigenvalue weighted by Gasteiger charge is 2.61. The maximum atomic E-state index is 12.1. The summed E-state index contributed by atoms with van der Waals surface area (Å²) in [5.74, 6) is 5.43. The van der Waals surface area contributed by atoms with Crippen LogP contribution < -0.4 is 0 Å². The number of hydrogen-bond donors (Lipinski definition) is 0. The van der Waals surface area contributed by atoms with E-state index in [0.29, 0.717) is 23.2 Å². The van der Waals surface area contributed by atoms with Crippen molar-refractivity contribution in [3.63, 3.8) is 0 Å². The molecule has 0 N–H and O–H groups in total. The molecule has 0 aromatic rings. The number of halogens is 1. The van der Waals surface area contributed by atoms with Crippen molar-refractivity contribution in [2.45, 2.75) is 103 Å². The number of allylic oxidation sites excluding steroid dienone is 1. The first kappa shape index (κ1) is 22.1. The highest BCUT2D eigenvalue weighted by atomic mass is 79.9. The van der Waals surface area contributed by atoms with Crippen LogP contribution in [0.5, 0.6) is 0 Å². The zero-order chi connectivity index (χ0) is 21.0. The summed E-state index contributed by atoms with van der Waals surface area (Å²) in [5, 5.41) is 0. The Balaban J connectivity index is 1.50. The SMILES string of the molecule is C=C(C)C(=O)CC[C@@H](C)[C@H]1CC[C@H]2[C@@H]3CC(Br)C4CCCC[C@]4(C)[C@H]3CC[C@]12C. The van der Waals surface area contributed by atoms with Crippen LogP contribution in [-0.2, 0) is 4.79 Å². The second kappa shape index (κ2) is 8.10. The number of rotatable bonds is 5. The van der Waals surface area contributed by atoms with Crippen molar-refractivity contribution >= 4 is 21.7 Å². The predicted octanol–water partition coefficient (Wildman–Crippen LogP) is 7.97. The molecule has 0 saturated heterocycles. The Hall–Kier alpha value is -0.110. The largest absolute Gasteiger partial charge is 0.295 e. The number of fused-ring (bicyclic) bond motifs is 5. The van der Waals surface area contributed by atoms with E-state index in [-0.39, 0.29) is 5.78 Å². The molecule has 0 bridgehead atoms. The Kier molecular flexibility index (Phi) is 6.17. The van der Waals surface area contributed by atoms with Crippen LogP contribution in [-0.4, -0.2) is 10.6 Å². The Morgan fingerprint density at radius 2 is 1.76 bits per heavy atom. The summed E-state index contributed by atoms with van der Waals surface area (Å²) in [6.45, 7) is 13.5. The molecular weight excluding hydrogens is 420 g/mol. The topological polar surface area (TPSA) is 17.1 Å². The van der Waals surface area contributed by atoms with Gasteiger partial charge in [-0.1, -0.05) is 56.1 Å². The molecule has 9 atom stereocenters. The van der Waals surface area contributed by atoms with Gasteiger partial charge in [0, 0.05) is 11.2 Å². The molecule has 4 fully saturated rings. The highest BCUT2D eigenvalue weighted by Crippen LogP contribution is 2.69. The average Bonchev–Trinajstić information content (AvgIpc) is 3.03. The maximum absolute atomic E-state index is 12.1. The summed E-state index contributed by atoms with van der Waals surface area (Å²) < 4.78 is 0. The predicted molar refractivity (Wildman–Crippen MR) is 126 cm³/mol. The van der Waals surface area contributed by atoms with Gasteiger partial charge >= 0.3 is 0 Å². The van der Waals surface area contributed by atoms with Gasteiger partial charge in [0.15, 0.2) is 5.78 Å². The first-order valence-electron chi connectivity index (χ1n) is 12.5. The second-order valence-corrected chi connectivity index (χ2v) is 13.1. The first-order chi connectivity index (χ1) is 13.7. The van der Waals surface area contributed by atoms with Gasteiger partial charge in [-0.25, -0.2) is 0 Å². The van der Waals surface area contributed by atoms with Crippen molar-refractivity contribution in [2.75, 3.05) is 0 Å². The second-order valence-electron chi connectivity index (χ2n) is 11.9. The minimum absolute atomic E-state index is 0.269. The van der Waals surface area contributed by atoms with Crippen molar-refractivity contribution in [3.8, 4) is 0 Å². The van der Waals surface area contributed by atoms with Gasteiger partial charge in [-0.15, -0.1) is 0 Å². The van der Waals surface area contributed by atoms with Gasteiger partial charge < -0.3 is 0 Å². The standard InChI is InChI=1S/C27H43BrO/c1-17(2)25(29)12-9-18(3)20-10-11-21-19-16-24(28)23-8-6-7-14-26(23,4)22(19)13-15-27(20,21)5/h18-24H,1,6-16H2,2-5H3/t18-,19+,20-,21+,22+,23?,24?,26-,27-/m1/s1. The third-order valence-corrected chi connectivity index (χ3v) is 11.6. The molecule has 0 aromatic carbocycles. The summed E-state index contributed by atoms with van der Waals surface area (Å²) in [7, 11) is 0. The summed E-state index contributed by atoms with van der Waals surface area (Å²) in [6.07, 6.45) is 14.7. The molecule has 0 spiro atoms. The lowest BCUT2D eigenvalue weighted by molar-refractivity contribution is -0.117. The third-order valence-electron chi connectivity index (χ3n) is 10.6. The Morgan fingerprint density at radius 1 is 1.03 bits per heavy atom. The van der Waals surface area contributed by atoms with Crippen LogP contribution in [0, 0.1) is 46.3 Å². The van der Waals surface area contributed by atoms with Crippen LogP contribution >= 0.6 is 15.9 Å². The number of carbonyl (C=O) groups is 1. The Morgan fingerprint density at radius 3 is 2.48 bits per heavy atom. The van der Waals surface area contributed by atoms with Crippen LogP contribution in [0.15, 0.2) is 12.2 Å². The molecule has 4 rings (SSSR count). The maximum Gasteiger partial charge on any atom is 0.157 e. The minimum Gasteiger partial charge on any atom is -0.295 e. The van der Waals surface area contributed by atoms with Crippen molar-refractivity contribution in [1.82, 2.24) is 0 Å². The summed E-state index contributed by atoms with van der Waals surface area (Å²) in [4.78, 5) is 12.9. The lowest BCUT2D eigenvalue weighted by Gasteiger charge is -2.62. The highest BCUT2D eigenvalue weighted by molar-refractivity contribution is 9.09. The van der Waals surface area contributed by atoms with Crippen LogP contribution in [0.2, 0.25) is 0 Å². The number of carbonyl (C=O) groups excluding carboxylic acids is 1. The molecule has 2 heteroatoms. The number of hydrogen-bond acceptors (Lipinski definition) is 1. The molecule has 2 unspecified atom stereocenters. The van der Waals surface area contributed by atoms with Crippen LogP contribution in [0.1, 0.15) is 98.3 Å². The van der Waals surface area contributed by atoms with E-state index in [1.165, 1.54) is 57.8 Å². The first-order valence-corrected chi connectivity index (χ1v) is 13.4. The fourth-order valence-corrected chi connectivity index (χ4v) is 10.3.